The van der Waals surface area contributed by atoms with E-state index in [2.05, 4.69) is 5.32 Å². The van der Waals surface area contributed by atoms with Crippen LogP contribution in [0.3, 0.4) is 0 Å². The van der Waals surface area contributed by atoms with Crippen LogP contribution in [0.25, 0.3) is 0 Å². The van der Waals surface area contributed by atoms with Crippen molar-refractivity contribution in [3.05, 3.63) is 0 Å². The van der Waals surface area contributed by atoms with E-state index in [4.69, 9.17) is 16.2 Å². The minimum absolute atomic E-state index is 0.0173. The van der Waals surface area contributed by atoms with Crippen molar-refractivity contribution in [3.8, 4) is 0 Å². The lowest BCUT2D eigenvalue weighted by Gasteiger charge is -2.29. The minimum Gasteiger partial charge on any atom is -0.396 e. The number of aliphatic hydroxyl groups is 1. The molecule has 5 N–H and O–H groups in total. The molecule has 0 aliphatic heterocycles. The van der Waals surface area contributed by atoms with Gasteiger partial charge in [-0.25, -0.2) is 0 Å². The predicted octanol–water partition coefficient (Wildman–Crippen LogP) is 0.945. The van der Waals surface area contributed by atoms with E-state index in [1.807, 2.05) is 27.7 Å². The highest BCUT2D eigenvalue weighted by Crippen LogP contribution is 2.21. The van der Waals surface area contributed by atoms with Crippen molar-refractivity contribution < 1.29 is 5.11 Å². The maximum atomic E-state index is 8.63. The van der Waals surface area contributed by atoms with Gasteiger partial charge in [0.25, 0.3) is 0 Å². The standard InChI is InChI=1S/C11H25N3O/c1-8(9(12)11(2,3)4)10(13)14-6-5-7-15/h8,10,12,14-15H,5-7,13H2,1-4H3. The fourth-order valence-electron chi connectivity index (χ4n) is 1.39. The maximum Gasteiger partial charge on any atom is 0.0626 e. The second-order valence-electron chi connectivity index (χ2n) is 5.01. The van der Waals surface area contributed by atoms with Gasteiger partial charge in [-0.15, -0.1) is 0 Å². The second kappa shape index (κ2) is 6.20. The van der Waals surface area contributed by atoms with Crippen molar-refractivity contribution in [1.82, 2.24) is 5.32 Å². The smallest absolute Gasteiger partial charge is 0.0626 e. The van der Waals surface area contributed by atoms with Crippen LogP contribution in [0.15, 0.2) is 0 Å². The fraction of sp³-hybridized carbons (Fsp3) is 0.909. The molecule has 2 unspecified atom stereocenters. The molecule has 4 nitrogen and oxygen atoms in total. The van der Waals surface area contributed by atoms with Gasteiger partial charge in [-0.2, -0.15) is 0 Å². The van der Waals surface area contributed by atoms with E-state index in [1.165, 1.54) is 0 Å². The number of rotatable bonds is 6. The molecule has 2 atom stereocenters. The van der Waals surface area contributed by atoms with Gasteiger partial charge < -0.3 is 21.6 Å². The molecule has 0 fully saturated rings. The summed E-state index contributed by atoms with van der Waals surface area (Å²) in [5.41, 5.74) is 6.45. The first-order valence-electron chi connectivity index (χ1n) is 5.49. The average molecular weight is 215 g/mol. The summed E-state index contributed by atoms with van der Waals surface area (Å²) >= 11 is 0. The van der Waals surface area contributed by atoms with E-state index >= 15 is 0 Å². The third-order valence-corrected chi connectivity index (χ3v) is 2.52. The molecule has 0 radical (unpaired) electrons. The van der Waals surface area contributed by atoms with Crippen LogP contribution in [-0.2, 0) is 0 Å². The molecule has 0 aromatic rings. The van der Waals surface area contributed by atoms with Gasteiger partial charge >= 0.3 is 0 Å². The van der Waals surface area contributed by atoms with Gasteiger partial charge in [-0.05, 0) is 18.4 Å². The van der Waals surface area contributed by atoms with Crippen LogP contribution in [0.2, 0.25) is 0 Å². The molecule has 0 amide bonds. The molecule has 0 aromatic heterocycles. The second-order valence-corrected chi connectivity index (χ2v) is 5.01. The van der Waals surface area contributed by atoms with Crippen molar-refractivity contribution in [3.63, 3.8) is 0 Å². The van der Waals surface area contributed by atoms with E-state index in [9.17, 15) is 0 Å². The Bertz CT molecular complexity index is 198. The Labute approximate surface area is 92.8 Å². The largest absolute Gasteiger partial charge is 0.396 e. The Morgan fingerprint density at radius 2 is 2.00 bits per heavy atom. The van der Waals surface area contributed by atoms with Crippen LogP contribution < -0.4 is 11.1 Å². The van der Waals surface area contributed by atoms with Crippen LogP contribution in [0.4, 0.5) is 0 Å². The molecule has 4 heteroatoms. The van der Waals surface area contributed by atoms with Crippen molar-refractivity contribution in [2.45, 2.75) is 40.3 Å². The molecule has 0 heterocycles. The van der Waals surface area contributed by atoms with E-state index in [-0.39, 0.29) is 24.1 Å². The topological polar surface area (TPSA) is 82.1 Å². The number of hydrogen-bond acceptors (Lipinski definition) is 4. The highest BCUT2D eigenvalue weighted by Gasteiger charge is 2.26. The van der Waals surface area contributed by atoms with Crippen LogP contribution >= 0.6 is 0 Å². The number of nitrogens with two attached hydrogens (primary N) is 1. The fourth-order valence-corrected chi connectivity index (χ4v) is 1.39. The molecule has 0 aromatic carbocycles. The zero-order chi connectivity index (χ0) is 12.1. The summed E-state index contributed by atoms with van der Waals surface area (Å²) in [6, 6.07) is 0. The van der Waals surface area contributed by atoms with E-state index < -0.39 is 0 Å². The monoisotopic (exact) mass is 215 g/mol. The molecule has 15 heavy (non-hydrogen) atoms. The third-order valence-electron chi connectivity index (χ3n) is 2.52. The van der Waals surface area contributed by atoms with Gasteiger partial charge in [0.1, 0.15) is 0 Å². The van der Waals surface area contributed by atoms with E-state index in [0.717, 1.165) is 0 Å². The molecule has 0 aliphatic rings. The Hall–Kier alpha value is -0.450. The van der Waals surface area contributed by atoms with E-state index in [0.29, 0.717) is 18.7 Å². The molecule has 0 saturated carbocycles. The summed E-state index contributed by atoms with van der Waals surface area (Å²) < 4.78 is 0. The highest BCUT2D eigenvalue weighted by atomic mass is 16.3. The predicted molar refractivity (Wildman–Crippen MR) is 64.0 cm³/mol. The van der Waals surface area contributed by atoms with Gasteiger partial charge in [-0.1, -0.05) is 27.7 Å². The first kappa shape index (κ1) is 14.6. The average Bonchev–Trinajstić information content (AvgIpc) is 2.14. The lowest BCUT2D eigenvalue weighted by molar-refractivity contribution is 0.280. The van der Waals surface area contributed by atoms with Gasteiger partial charge in [0, 0.05) is 18.2 Å². The molecule has 90 valence electrons. The normalized spacial score (nSPS) is 16.1. The van der Waals surface area contributed by atoms with Crippen molar-refractivity contribution in [2.75, 3.05) is 13.2 Å². The number of aliphatic hydroxyl groups excluding tert-OH is 1. The van der Waals surface area contributed by atoms with Crippen molar-refractivity contribution >= 4 is 5.71 Å². The van der Waals surface area contributed by atoms with Crippen molar-refractivity contribution in [2.24, 2.45) is 17.1 Å². The lowest BCUT2D eigenvalue weighted by Crippen LogP contribution is -2.48. The maximum absolute atomic E-state index is 8.63. The quantitative estimate of drug-likeness (QED) is 0.302. The Balaban J connectivity index is 4.08. The van der Waals surface area contributed by atoms with E-state index in [1.54, 1.807) is 0 Å². The summed E-state index contributed by atoms with van der Waals surface area (Å²) in [5, 5.41) is 19.7. The molecular formula is C11H25N3O. The van der Waals surface area contributed by atoms with Crippen LogP contribution in [0, 0.1) is 16.7 Å². The molecule has 0 saturated heterocycles. The summed E-state index contributed by atoms with van der Waals surface area (Å²) in [5.74, 6) is 0.0173. The number of nitrogens with one attached hydrogen (secondary N) is 2. The van der Waals surface area contributed by atoms with Gasteiger partial charge in [0.15, 0.2) is 0 Å². The first-order chi connectivity index (χ1) is 6.80. The minimum atomic E-state index is -0.205. The Morgan fingerprint density at radius 1 is 1.47 bits per heavy atom. The van der Waals surface area contributed by atoms with Crippen LogP contribution in [-0.4, -0.2) is 30.1 Å². The number of hydrogen-bond donors (Lipinski definition) is 4. The van der Waals surface area contributed by atoms with Crippen molar-refractivity contribution in [1.29, 1.82) is 5.41 Å². The molecule has 0 rings (SSSR count). The zero-order valence-electron chi connectivity index (χ0n) is 10.3. The Kier molecular flexibility index (Phi) is 6.02. The summed E-state index contributed by atoms with van der Waals surface area (Å²) in [4.78, 5) is 0. The first-order valence-corrected chi connectivity index (χ1v) is 5.49. The molecule has 0 aliphatic carbocycles. The summed E-state index contributed by atoms with van der Waals surface area (Å²) in [7, 11) is 0. The lowest BCUT2D eigenvalue weighted by atomic mass is 9.82. The SMILES string of the molecule is CC(C(=N)C(C)(C)C)C(N)NCCCO. The van der Waals surface area contributed by atoms with Gasteiger partial charge in [0.05, 0.1) is 6.17 Å². The van der Waals surface area contributed by atoms with Gasteiger partial charge in [-0.3, -0.25) is 0 Å². The van der Waals surface area contributed by atoms with Gasteiger partial charge in [0.2, 0.25) is 0 Å². The third kappa shape index (κ3) is 5.25. The highest BCUT2D eigenvalue weighted by molar-refractivity contribution is 5.88. The Morgan fingerprint density at radius 3 is 2.40 bits per heavy atom. The molecule has 0 spiro atoms. The zero-order valence-corrected chi connectivity index (χ0v) is 10.3. The summed E-state index contributed by atoms with van der Waals surface area (Å²) in [6.07, 6.45) is 0.492. The summed E-state index contributed by atoms with van der Waals surface area (Å²) in [6.45, 7) is 8.89. The van der Waals surface area contributed by atoms with Crippen LogP contribution in [0.5, 0.6) is 0 Å². The molecular weight excluding hydrogens is 190 g/mol. The molecule has 0 bridgehead atoms. The van der Waals surface area contributed by atoms with Crippen LogP contribution in [0.1, 0.15) is 34.1 Å².